The summed E-state index contributed by atoms with van der Waals surface area (Å²) in [6, 6.07) is 2.24. The number of H-pyrrole nitrogens is 1. The molecule has 0 saturated heterocycles. The summed E-state index contributed by atoms with van der Waals surface area (Å²) in [5, 5.41) is 0. The molecule has 0 aliphatic heterocycles. The Morgan fingerprint density at radius 2 is 2.15 bits per heavy atom. The van der Waals surface area contributed by atoms with E-state index in [4.69, 9.17) is 5.73 Å². The molecule has 1 aliphatic carbocycles. The number of aromatic nitrogens is 1. The minimum Gasteiger partial charge on any atom is -0.362 e. The summed E-state index contributed by atoms with van der Waals surface area (Å²) in [4.78, 5) is 3.32. The average Bonchev–Trinajstić information content (AvgIpc) is 2.69. The highest BCUT2D eigenvalue weighted by molar-refractivity contribution is 5.25. The molecule has 1 aromatic rings. The van der Waals surface area contributed by atoms with Crippen LogP contribution in [0, 0.1) is 13.8 Å². The molecule has 1 aliphatic rings. The molecule has 0 bridgehead atoms. The molecule has 0 aromatic carbocycles. The van der Waals surface area contributed by atoms with Gasteiger partial charge in [-0.05, 0) is 51.2 Å². The van der Waals surface area contributed by atoms with Gasteiger partial charge < -0.3 is 10.7 Å². The van der Waals surface area contributed by atoms with E-state index in [2.05, 4.69) is 24.9 Å². The third kappa shape index (κ3) is 1.94. The van der Waals surface area contributed by atoms with Crippen molar-refractivity contribution in [2.24, 2.45) is 5.73 Å². The third-order valence-corrected chi connectivity index (χ3v) is 3.04. The molecule has 1 aromatic heterocycles. The number of aryl methyl sites for hydroxylation is 3. The van der Waals surface area contributed by atoms with Gasteiger partial charge in [0, 0.05) is 16.9 Å². The van der Waals surface area contributed by atoms with E-state index >= 15 is 0 Å². The Morgan fingerprint density at radius 1 is 1.46 bits per heavy atom. The van der Waals surface area contributed by atoms with Gasteiger partial charge >= 0.3 is 0 Å². The van der Waals surface area contributed by atoms with E-state index in [0.717, 1.165) is 12.8 Å². The summed E-state index contributed by atoms with van der Waals surface area (Å²) >= 11 is 0. The molecular formula is C11H18N2. The molecule has 72 valence electrons. The van der Waals surface area contributed by atoms with Crippen molar-refractivity contribution >= 4 is 0 Å². The lowest BCUT2D eigenvalue weighted by molar-refractivity contribution is 0.608. The van der Waals surface area contributed by atoms with Crippen molar-refractivity contribution in [1.29, 1.82) is 0 Å². The zero-order valence-electron chi connectivity index (χ0n) is 8.48. The first-order chi connectivity index (χ1) is 6.09. The predicted octanol–water partition coefficient (Wildman–Crippen LogP) is 2.06. The maximum atomic E-state index is 6.04. The Balaban J connectivity index is 1.97. The molecular weight excluding hydrogens is 160 g/mol. The fourth-order valence-corrected chi connectivity index (χ4v) is 1.84. The minimum absolute atomic E-state index is 0.192. The quantitative estimate of drug-likeness (QED) is 0.731. The zero-order valence-corrected chi connectivity index (χ0v) is 8.48. The first-order valence-electron chi connectivity index (χ1n) is 5.03. The molecule has 2 heteroatoms. The molecule has 2 nitrogen and oxygen atoms in total. The van der Waals surface area contributed by atoms with E-state index in [0.29, 0.717) is 0 Å². The van der Waals surface area contributed by atoms with Crippen LogP contribution in [0.4, 0.5) is 0 Å². The van der Waals surface area contributed by atoms with Crippen molar-refractivity contribution in [2.75, 3.05) is 0 Å². The average molecular weight is 178 g/mol. The first kappa shape index (κ1) is 8.82. The lowest BCUT2D eigenvalue weighted by atomic mass is 10.0. The maximum Gasteiger partial charge on any atom is 0.0158 e. The van der Waals surface area contributed by atoms with Gasteiger partial charge in [0.1, 0.15) is 0 Å². The van der Waals surface area contributed by atoms with Crippen LogP contribution in [-0.4, -0.2) is 10.5 Å². The standard InChI is InChI=1S/C11H18N2/c1-8-7-10(9(2)13-8)3-4-11(12)5-6-11/h7,13H,3-6,12H2,1-2H3. The van der Waals surface area contributed by atoms with Crippen molar-refractivity contribution in [3.05, 3.63) is 23.0 Å². The van der Waals surface area contributed by atoms with E-state index in [1.165, 1.54) is 29.8 Å². The minimum atomic E-state index is 0.192. The molecule has 0 radical (unpaired) electrons. The molecule has 13 heavy (non-hydrogen) atoms. The summed E-state index contributed by atoms with van der Waals surface area (Å²) in [6.07, 6.45) is 4.71. The summed E-state index contributed by atoms with van der Waals surface area (Å²) in [7, 11) is 0. The second-order valence-electron chi connectivity index (χ2n) is 4.46. The van der Waals surface area contributed by atoms with Gasteiger partial charge in [0.25, 0.3) is 0 Å². The van der Waals surface area contributed by atoms with E-state index in [1.807, 2.05) is 0 Å². The fraction of sp³-hybridized carbons (Fsp3) is 0.636. The van der Waals surface area contributed by atoms with E-state index < -0.39 is 0 Å². The highest BCUT2D eigenvalue weighted by Crippen LogP contribution is 2.36. The second kappa shape index (κ2) is 2.88. The SMILES string of the molecule is Cc1cc(CCC2(N)CC2)c(C)[nH]1. The van der Waals surface area contributed by atoms with Crippen molar-refractivity contribution in [1.82, 2.24) is 4.98 Å². The van der Waals surface area contributed by atoms with Gasteiger partial charge in [0.2, 0.25) is 0 Å². The Hall–Kier alpha value is -0.760. The van der Waals surface area contributed by atoms with Gasteiger partial charge in [-0.3, -0.25) is 0 Å². The number of rotatable bonds is 3. The van der Waals surface area contributed by atoms with E-state index in [9.17, 15) is 0 Å². The molecule has 0 unspecified atom stereocenters. The van der Waals surface area contributed by atoms with Crippen LogP contribution in [-0.2, 0) is 6.42 Å². The zero-order chi connectivity index (χ0) is 9.47. The normalized spacial score (nSPS) is 19.0. The predicted molar refractivity (Wildman–Crippen MR) is 54.7 cm³/mol. The van der Waals surface area contributed by atoms with Crippen LogP contribution in [0.5, 0.6) is 0 Å². The monoisotopic (exact) mass is 178 g/mol. The number of nitrogens with two attached hydrogens (primary N) is 1. The van der Waals surface area contributed by atoms with E-state index in [1.54, 1.807) is 0 Å². The number of aromatic amines is 1. The third-order valence-electron chi connectivity index (χ3n) is 3.04. The smallest absolute Gasteiger partial charge is 0.0158 e. The van der Waals surface area contributed by atoms with Crippen LogP contribution >= 0.6 is 0 Å². The van der Waals surface area contributed by atoms with Crippen molar-refractivity contribution in [3.63, 3.8) is 0 Å². The number of nitrogens with one attached hydrogen (secondary N) is 1. The van der Waals surface area contributed by atoms with Gasteiger partial charge in [-0.25, -0.2) is 0 Å². The first-order valence-corrected chi connectivity index (χ1v) is 5.03. The lowest BCUT2D eigenvalue weighted by Gasteiger charge is -2.06. The van der Waals surface area contributed by atoms with Gasteiger partial charge in [-0.1, -0.05) is 0 Å². The summed E-state index contributed by atoms with van der Waals surface area (Å²) in [5.41, 5.74) is 10.2. The molecule has 1 fully saturated rings. The Kier molecular flexibility index (Phi) is 1.95. The van der Waals surface area contributed by atoms with Gasteiger partial charge in [-0.15, -0.1) is 0 Å². The molecule has 1 saturated carbocycles. The highest BCUT2D eigenvalue weighted by Gasteiger charge is 2.37. The highest BCUT2D eigenvalue weighted by atomic mass is 14.8. The lowest BCUT2D eigenvalue weighted by Crippen LogP contribution is -2.22. The Bertz CT molecular complexity index is 308. The van der Waals surface area contributed by atoms with Gasteiger partial charge in [-0.2, -0.15) is 0 Å². The maximum absolute atomic E-state index is 6.04. The summed E-state index contributed by atoms with van der Waals surface area (Å²) < 4.78 is 0. The second-order valence-corrected chi connectivity index (χ2v) is 4.46. The van der Waals surface area contributed by atoms with Crippen LogP contribution < -0.4 is 5.73 Å². The molecule has 2 rings (SSSR count). The number of hydrogen-bond donors (Lipinski definition) is 2. The van der Waals surface area contributed by atoms with Gasteiger partial charge in [0.15, 0.2) is 0 Å². The van der Waals surface area contributed by atoms with Crippen molar-refractivity contribution < 1.29 is 0 Å². The van der Waals surface area contributed by atoms with Crippen molar-refractivity contribution in [2.45, 2.75) is 45.1 Å². The largest absolute Gasteiger partial charge is 0.362 e. The van der Waals surface area contributed by atoms with Crippen LogP contribution in [0.25, 0.3) is 0 Å². The van der Waals surface area contributed by atoms with Crippen molar-refractivity contribution in [3.8, 4) is 0 Å². The Morgan fingerprint density at radius 3 is 2.62 bits per heavy atom. The van der Waals surface area contributed by atoms with Crippen LogP contribution in [0.1, 0.15) is 36.2 Å². The van der Waals surface area contributed by atoms with Crippen LogP contribution in [0.2, 0.25) is 0 Å². The van der Waals surface area contributed by atoms with Crippen LogP contribution in [0.3, 0.4) is 0 Å². The van der Waals surface area contributed by atoms with Gasteiger partial charge in [0.05, 0.1) is 0 Å². The molecule has 3 N–H and O–H groups in total. The molecule has 1 heterocycles. The molecule has 0 atom stereocenters. The van der Waals surface area contributed by atoms with E-state index in [-0.39, 0.29) is 5.54 Å². The molecule has 0 amide bonds. The van der Waals surface area contributed by atoms with Crippen LogP contribution in [0.15, 0.2) is 6.07 Å². The summed E-state index contributed by atoms with van der Waals surface area (Å²) in [6.45, 7) is 4.24. The number of hydrogen-bond acceptors (Lipinski definition) is 1. The summed E-state index contributed by atoms with van der Waals surface area (Å²) in [5.74, 6) is 0. The fourth-order valence-electron chi connectivity index (χ4n) is 1.84. The Labute approximate surface area is 79.5 Å². The molecule has 0 spiro atoms. The topological polar surface area (TPSA) is 41.8 Å².